The van der Waals surface area contributed by atoms with Crippen LogP contribution < -0.4 is 10.6 Å². The first-order valence-corrected chi connectivity index (χ1v) is 7.45. The lowest BCUT2D eigenvalue weighted by molar-refractivity contribution is -0.119. The number of aryl methyl sites for hydroxylation is 1. The lowest BCUT2D eigenvalue weighted by Crippen LogP contribution is -2.48. The number of hydrogen-bond donors (Lipinski definition) is 3. The zero-order valence-corrected chi connectivity index (χ0v) is 12.1. The van der Waals surface area contributed by atoms with E-state index >= 15 is 0 Å². The summed E-state index contributed by atoms with van der Waals surface area (Å²) in [6, 6.07) is 7.77. The molecule has 0 aliphatic carbocycles. The molecule has 0 saturated carbocycles. The molecule has 1 aromatic carbocycles. The van der Waals surface area contributed by atoms with Gasteiger partial charge in [0, 0.05) is 12.3 Å². The van der Waals surface area contributed by atoms with E-state index in [1.165, 1.54) is 0 Å². The highest BCUT2D eigenvalue weighted by Crippen LogP contribution is 2.18. The predicted molar refractivity (Wildman–Crippen MR) is 80.7 cm³/mol. The Morgan fingerprint density at radius 1 is 1.50 bits per heavy atom. The molecular formula is C16H24N2O2. The van der Waals surface area contributed by atoms with Gasteiger partial charge in [-0.3, -0.25) is 4.79 Å². The number of anilines is 1. The summed E-state index contributed by atoms with van der Waals surface area (Å²) in [6.07, 6.45) is 3.82. The second kappa shape index (κ2) is 7.41. The van der Waals surface area contributed by atoms with E-state index in [1.807, 2.05) is 24.3 Å². The van der Waals surface area contributed by atoms with E-state index in [0.29, 0.717) is 5.92 Å². The molecule has 1 aromatic rings. The van der Waals surface area contributed by atoms with Crippen LogP contribution in [0.2, 0.25) is 0 Å². The second-order valence-electron chi connectivity index (χ2n) is 5.57. The highest BCUT2D eigenvalue weighted by atomic mass is 16.2. The van der Waals surface area contributed by atoms with Gasteiger partial charge in [-0.2, -0.15) is 0 Å². The first kappa shape index (κ1) is 15.0. The third-order valence-corrected chi connectivity index (χ3v) is 3.87. The van der Waals surface area contributed by atoms with Crippen molar-refractivity contribution >= 4 is 11.6 Å². The van der Waals surface area contributed by atoms with Crippen LogP contribution in [-0.2, 0) is 11.2 Å². The van der Waals surface area contributed by atoms with E-state index in [1.54, 1.807) is 0 Å². The van der Waals surface area contributed by atoms with Gasteiger partial charge in [-0.1, -0.05) is 19.1 Å². The number of carbonyl (C=O) groups excluding carboxylic acids is 1. The van der Waals surface area contributed by atoms with E-state index in [2.05, 4.69) is 17.6 Å². The van der Waals surface area contributed by atoms with Crippen molar-refractivity contribution in [2.24, 2.45) is 5.92 Å². The first-order chi connectivity index (χ1) is 9.70. The average Bonchev–Trinajstić information content (AvgIpc) is 2.46. The monoisotopic (exact) mass is 276 g/mol. The minimum Gasteiger partial charge on any atom is -0.396 e. The number of nitrogens with one attached hydrogen (secondary N) is 2. The molecule has 0 spiro atoms. The molecule has 0 bridgehead atoms. The number of hydrogen-bond acceptors (Lipinski definition) is 3. The van der Waals surface area contributed by atoms with Gasteiger partial charge >= 0.3 is 0 Å². The summed E-state index contributed by atoms with van der Waals surface area (Å²) in [5.74, 6) is 0.429. The maximum absolute atomic E-state index is 12.3. The Labute approximate surface area is 120 Å². The van der Waals surface area contributed by atoms with Crippen molar-refractivity contribution in [3.05, 3.63) is 29.8 Å². The predicted octanol–water partition coefficient (Wildman–Crippen LogP) is 1.94. The molecule has 2 atom stereocenters. The molecule has 4 heteroatoms. The van der Waals surface area contributed by atoms with Gasteiger partial charge in [0.15, 0.2) is 0 Å². The number of benzene rings is 1. The van der Waals surface area contributed by atoms with Crippen molar-refractivity contribution in [3.63, 3.8) is 0 Å². The molecule has 1 aliphatic heterocycles. The molecule has 110 valence electrons. The van der Waals surface area contributed by atoms with Crippen molar-refractivity contribution in [3.8, 4) is 0 Å². The van der Waals surface area contributed by atoms with Crippen LogP contribution in [0.25, 0.3) is 0 Å². The van der Waals surface area contributed by atoms with Crippen molar-refractivity contribution in [2.45, 2.75) is 38.6 Å². The van der Waals surface area contributed by atoms with E-state index in [0.717, 1.165) is 43.5 Å². The largest absolute Gasteiger partial charge is 0.396 e. The van der Waals surface area contributed by atoms with Gasteiger partial charge in [0.2, 0.25) is 5.91 Å². The summed E-state index contributed by atoms with van der Waals surface area (Å²) >= 11 is 0. The zero-order valence-electron chi connectivity index (χ0n) is 12.1. The number of aliphatic hydroxyl groups excluding tert-OH is 1. The molecule has 20 heavy (non-hydrogen) atoms. The van der Waals surface area contributed by atoms with Crippen LogP contribution >= 0.6 is 0 Å². The molecule has 4 nitrogen and oxygen atoms in total. The lowest BCUT2D eigenvalue weighted by atomic mass is 9.92. The maximum atomic E-state index is 12.3. The van der Waals surface area contributed by atoms with Gasteiger partial charge in [-0.05, 0) is 55.8 Å². The molecule has 2 unspecified atom stereocenters. The molecule has 1 amide bonds. The molecule has 0 radical (unpaired) electrons. The third-order valence-electron chi connectivity index (χ3n) is 3.87. The Kier molecular flexibility index (Phi) is 5.56. The van der Waals surface area contributed by atoms with Crippen molar-refractivity contribution in [2.75, 3.05) is 18.5 Å². The van der Waals surface area contributed by atoms with Crippen LogP contribution in [0.1, 0.15) is 31.7 Å². The molecular weight excluding hydrogens is 252 g/mol. The van der Waals surface area contributed by atoms with Gasteiger partial charge in [-0.15, -0.1) is 0 Å². The standard InChI is InChI=1S/C16H24N2O2/c1-12-5-3-9-17-15(12)16(20)18-14-8-2-6-13(11-14)7-4-10-19/h2,6,8,11-12,15,17,19H,3-5,7,9-10H2,1H3,(H,18,20). The highest BCUT2D eigenvalue weighted by molar-refractivity contribution is 5.95. The Morgan fingerprint density at radius 2 is 2.35 bits per heavy atom. The van der Waals surface area contributed by atoms with Crippen LogP contribution in [0, 0.1) is 5.92 Å². The molecule has 1 heterocycles. The Bertz CT molecular complexity index is 448. The number of piperidine rings is 1. The van der Waals surface area contributed by atoms with Gasteiger partial charge in [0.25, 0.3) is 0 Å². The van der Waals surface area contributed by atoms with E-state index in [9.17, 15) is 4.79 Å². The molecule has 1 saturated heterocycles. The number of aliphatic hydroxyl groups is 1. The third kappa shape index (κ3) is 4.05. The summed E-state index contributed by atoms with van der Waals surface area (Å²) in [4.78, 5) is 12.3. The SMILES string of the molecule is CC1CCCNC1C(=O)Nc1cccc(CCCO)c1. The fraction of sp³-hybridized carbons (Fsp3) is 0.562. The Hall–Kier alpha value is -1.39. The number of rotatable bonds is 5. The molecule has 1 aliphatic rings. The Balaban J connectivity index is 1.96. The fourth-order valence-electron chi connectivity index (χ4n) is 2.71. The average molecular weight is 276 g/mol. The fourth-order valence-corrected chi connectivity index (χ4v) is 2.71. The van der Waals surface area contributed by atoms with Gasteiger partial charge < -0.3 is 15.7 Å². The van der Waals surface area contributed by atoms with Crippen LogP contribution in [-0.4, -0.2) is 30.2 Å². The van der Waals surface area contributed by atoms with Gasteiger partial charge in [0.1, 0.15) is 0 Å². The molecule has 1 fully saturated rings. The summed E-state index contributed by atoms with van der Waals surface area (Å²) in [6.45, 7) is 3.23. The lowest BCUT2D eigenvalue weighted by Gasteiger charge is -2.29. The van der Waals surface area contributed by atoms with E-state index in [4.69, 9.17) is 5.11 Å². The molecule has 2 rings (SSSR count). The molecule has 0 aromatic heterocycles. The minimum absolute atomic E-state index is 0.0523. The second-order valence-corrected chi connectivity index (χ2v) is 5.57. The Morgan fingerprint density at radius 3 is 3.10 bits per heavy atom. The van der Waals surface area contributed by atoms with Crippen LogP contribution in [0.4, 0.5) is 5.69 Å². The van der Waals surface area contributed by atoms with Crippen molar-refractivity contribution < 1.29 is 9.90 Å². The van der Waals surface area contributed by atoms with Crippen molar-refractivity contribution in [1.82, 2.24) is 5.32 Å². The zero-order chi connectivity index (χ0) is 14.4. The quantitative estimate of drug-likeness (QED) is 0.770. The highest BCUT2D eigenvalue weighted by Gasteiger charge is 2.27. The normalized spacial score (nSPS) is 22.5. The van der Waals surface area contributed by atoms with Gasteiger partial charge in [0.05, 0.1) is 6.04 Å². The van der Waals surface area contributed by atoms with E-state index in [-0.39, 0.29) is 18.6 Å². The summed E-state index contributed by atoms with van der Waals surface area (Å²) in [5.41, 5.74) is 1.98. The topological polar surface area (TPSA) is 61.4 Å². The van der Waals surface area contributed by atoms with Crippen LogP contribution in [0.15, 0.2) is 24.3 Å². The molecule has 3 N–H and O–H groups in total. The summed E-state index contributed by atoms with van der Waals surface area (Å²) < 4.78 is 0. The summed E-state index contributed by atoms with van der Waals surface area (Å²) in [7, 11) is 0. The first-order valence-electron chi connectivity index (χ1n) is 7.45. The number of carbonyl (C=O) groups is 1. The maximum Gasteiger partial charge on any atom is 0.241 e. The smallest absolute Gasteiger partial charge is 0.241 e. The number of amides is 1. The van der Waals surface area contributed by atoms with Crippen LogP contribution in [0.3, 0.4) is 0 Å². The summed E-state index contributed by atoms with van der Waals surface area (Å²) in [5, 5.41) is 15.2. The van der Waals surface area contributed by atoms with Crippen LogP contribution in [0.5, 0.6) is 0 Å². The van der Waals surface area contributed by atoms with Gasteiger partial charge in [-0.25, -0.2) is 0 Å². The van der Waals surface area contributed by atoms with E-state index < -0.39 is 0 Å². The van der Waals surface area contributed by atoms with Crippen molar-refractivity contribution in [1.29, 1.82) is 0 Å². The minimum atomic E-state index is -0.0927.